The van der Waals surface area contributed by atoms with Crippen molar-refractivity contribution >= 4 is 38.6 Å². The Balaban J connectivity index is 2.44. The smallest absolute Gasteiger partial charge is 0.274 e. The van der Waals surface area contributed by atoms with E-state index in [4.69, 9.17) is 16.3 Å². The van der Waals surface area contributed by atoms with Crippen LogP contribution in [0, 0.1) is 0 Å². The normalized spacial score (nSPS) is 10.8. The average molecular weight is 366 g/mol. The third-order valence-corrected chi connectivity index (χ3v) is 3.82. The first-order valence-electron chi connectivity index (χ1n) is 6.11. The summed E-state index contributed by atoms with van der Waals surface area (Å²) in [7, 11) is 1.55. The van der Waals surface area contributed by atoms with Crippen LogP contribution in [0.1, 0.15) is 0 Å². The molecule has 106 valence electrons. The first kappa shape index (κ1) is 14.1. The van der Waals surface area contributed by atoms with E-state index in [0.717, 1.165) is 4.47 Å². The molecule has 0 bridgehead atoms. The van der Waals surface area contributed by atoms with Crippen LogP contribution in [-0.4, -0.2) is 16.7 Å². The minimum Gasteiger partial charge on any atom is -0.495 e. The van der Waals surface area contributed by atoms with Crippen molar-refractivity contribution in [3.8, 4) is 11.4 Å². The zero-order valence-electron chi connectivity index (χ0n) is 11.0. The lowest BCUT2D eigenvalue weighted by molar-refractivity contribution is 0.413. The van der Waals surface area contributed by atoms with E-state index < -0.39 is 0 Å². The number of benzene rings is 2. The largest absolute Gasteiger partial charge is 0.495 e. The maximum absolute atomic E-state index is 12.3. The van der Waals surface area contributed by atoms with E-state index in [-0.39, 0.29) is 5.56 Å². The summed E-state index contributed by atoms with van der Waals surface area (Å²) in [6, 6.07) is 10.7. The van der Waals surface area contributed by atoms with E-state index in [1.165, 1.54) is 10.8 Å². The topological polar surface area (TPSA) is 44.1 Å². The Bertz CT molecular complexity index is 892. The summed E-state index contributed by atoms with van der Waals surface area (Å²) >= 11 is 9.48. The highest BCUT2D eigenvalue weighted by molar-refractivity contribution is 9.10. The van der Waals surface area contributed by atoms with E-state index in [0.29, 0.717) is 27.5 Å². The van der Waals surface area contributed by atoms with Crippen LogP contribution >= 0.6 is 27.5 Å². The van der Waals surface area contributed by atoms with Crippen molar-refractivity contribution in [2.45, 2.75) is 0 Å². The summed E-state index contributed by atoms with van der Waals surface area (Å²) in [5, 5.41) is 0.526. The summed E-state index contributed by atoms with van der Waals surface area (Å²) in [6.45, 7) is 0. The quantitative estimate of drug-likeness (QED) is 0.693. The maximum Gasteiger partial charge on any atom is 0.274 e. The first-order valence-corrected chi connectivity index (χ1v) is 7.28. The number of aromatic nitrogens is 2. The Hall–Kier alpha value is -1.85. The molecule has 0 saturated carbocycles. The molecule has 0 spiro atoms. The third-order valence-electron chi connectivity index (χ3n) is 3.09. The van der Waals surface area contributed by atoms with Gasteiger partial charge in [0.1, 0.15) is 5.75 Å². The van der Waals surface area contributed by atoms with Gasteiger partial charge >= 0.3 is 0 Å². The molecule has 0 aliphatic carbocycles. The molecule has 6 heteroatoms. The van der Waals surface area contributed by atoms with Gasteiger partial charge in [-0.2, -0.15) is 0 Å². The Morgan fingerprint density at radius 1 is 1.24 bits per heavy atom. The molecule has 3 aromatic rings. The molecule has 0 radical (unpaired) electrons. The molecule has 3 rings (SSSR count). The van der Waals surface area contributed by atoms with Crippen molar-refractivity contribution in [2.75, 3.05) is 7.11 Å². The fraction of sp³-hybridized carbons (Fsp3) is 0.0667. The molecule has 0 unspecified atom stereocenters. The first-order chi connectivity index (χ1) is 10.1. The summed E-state index contributed by atoms with van der Waals surface area (Å²) in [4.78, 5) is 16.5. The van der Waals surface area contributed by atoms with Crippen molar-refractivity contribution in [3.05, 3.63) is 62.4 Å². The van der Waals surface area contributed by atoms with Crippen molar-refractivity contribution in [1.82, 2.24) is 9.55 Å². The minimum absolute atomic E-state index is 0.249. The number of nitrogens with zero attached hydrogens (tertiary/aromatic N) is 2. The number of hydrogen-bond acceptors (Lipinski definition) is 3. The maximum atomic E-state index is 12.3. The van der Waals surface area contributed by atoms with Crippen LogP contribution < -0.4 is 10.3 Å². The zero-order chi connectivity index (χ0) is 15.0. The van der Waals surface area contributed by atoms with Crippen LogP contribution in [0.5, 0.6) is 5.75 Å². The van der Waals surface area contributed by atoms with Crippen molar-refractivity contribution < 1.29 is 4.74 Å². The molecule has 0 saturated heterocycles. The Morgan fingerprint density at radius 3 is 2.81 bits per heavy atom. The Morgan fingerprint density at radius 2 is 2.05 bits per heavy atom. The van der Waals surface area contributed by atoms with Crippen LogP contribution in [0.15, 0.2) is 51.9 Å². The molecule has 0 amide bonds. The Labute approximate surface area is 134 Å². The van der Waals surface area contributed by atoms with E-state index in [1.807, 2.05) is 18.2 Å². The van der Waals surface area contributed by atoms with Crippen LogP contribution in [0.2, 0.25) is 5.02 Å². The molecule has 1 heterocycles. The molecule has 0 atom stereocenters. The highest BCUT2D eigenvalue weighted by Crippen LogP contribution is 2.28. The molecule has 2 aromatic carbocycles. The molecule has 1 aromatic heterocycles. The summed E-state index contributed by atoms with van der Waals surface area (Å²) in [6.07, 6.45) is 1.29. The second-order valence-electron chi connectivity index (χ2n) is 4.38. The molecule has 0 aliphatic heterocycles. The highest BCUT2D eigenvalue weighted by Gasteiger charge is 2.12. The SMILES string of the molecule is COc1ccc(Cl)cc1-n1c(=O)cnc2ccc(Br)cc21. The van der Waals surface area contributed by atoms with Crippen LogP contribution in [0.3, 0.4) is 0 Å². The van der Waals surface area contributed by atoms with Gasteiger partial charge in [-0.1, -0.05) is 27.5 Å². The molecule has 4 nitrogen and oxygen atoms in total. The second-order valence-corrected chi connectivity index (χ2v) is 5.73. The van der Waals surface area contributed by atoms with Crippen LogP contribution in [0.25, 0.3) is 16.7 Å². The highest BCUT2D eigenvalue weighted by atomic mass is 79.9. The van der Waals surface area contributed by atoms with Gasteiger partial charge in [0.15, 0.2) is 0 Å². The van der Waals surface area contributed by atoms with Gasteiger partial charge in [0, 0.05) is 9.50 Å². The molecule has 21 heavy (non-hydrogen) atoms. The molecular weight excluding hydrogens is 356 g/mol. The van der Waals surface area contributed by atoms with Gasteiger partial charge in [0.2, 0.25) is 0 Å². The molecule has 0 aliphatic rings. The summed E-state index contributed by atoms with van der Waals surface area (Å²) < 4.78 is 7.74. The van der Waals surface area contributed by atoms with Crippen LogP contribution in [0.4, 0.5) is 0 Å². The monoisotopic (exact) mass is 364 g/mol. The zero-order valence-corrected chi connectivity index (χ0v) is 13.4. The Kier molecular flexibility index (Phi) is 3.69. The fourth-order valence-corrected chi connectivity index (χ4v) is 2.69. The van der Waals surface area contributed by atoms with Gasteiger partial charge < -0.3 is 4.74 Å². The number of hydrogen-bond donors (Lipinski definition) is 0. The standard InChI is InChI=1S/C15H10BrClN2O2/c1-21-14-5-3-10(17)7-13(14)19-12-6-9(16)2-4-11(12)18-8-15(19)20/h2-8H,1H3. The van der Waals surface area contributed by atoms with Gasteiger partial charge in [-0.3, -0.25) is 9.36 Å². The lowest BCUT2D eigenvalue weighted by Gasteiger charge is -2.13. The van der Waals surface area contributed by atoms with Crippen molar-refractivity contribution in [3.63, 3.8) is 0 Å². The predicted molar refractivity (Wildman–Crippen MR) is 86.6 cm³/mol. The van der Waals surface area contributed by atoms with Gasteiger partial charge in [-0.05, 0) is 36.4 Å². The van der Waals surface area contributed by atoms with E-state index >= 15 is 0 Å². The van der Waals surface area contributed by atoms with Gasteiger partial charge in [-0.25, -0.2) is 4.98 Å². The van der Waals surface area contributed by atoms with Gasteiger partial charge in [0.25, 0.3) is 5.56 Å². The summed E-state index contributed by atoms with van der Waals surface area (Å²) in [5.74, 6) is 0.564. The van der Waals surface area contributed by atoms with E-state index in [2.05, 4.69) is 20.9 Å². The number of rotatable bonds is 2. The van der Waals surface area contributed by atoms with Crippen molar-refractivity contribution in [2.24, 2.45) is 0 Å². The lowest BCUT2D eigenvalue weighted by Crippen LogP contribution is -2.19. The van der Waals surface area contributed by atoms with Gasteiger partial charge in [0.05, 0.1) is 30.0 Å². The van der Waals surface area contributed by atoms with Gasteiger partial charge in [-0.15, -0.1) is 0 Å². The predicted octanol–water partition coefficient (Wildman–Crippen LogP) is 3.81. The van der Waals surface area contributed by atoms with E-state index in [1.54, 1.807) is 25.3 Å². The number of ether oxygens (including phenoxy) is 1. The average Bonchev–Trinajstić information content (AvgIpc) is 2.47. The number of methoxy groups -OCH3 is 1. The summed E-state index contributed by atoms with van der Waals surface area (Å²) in [5.41, 5.74) is 1.72. The molecular formula is C15H10BrClN2O2. The minimum atomic E-state index is -0.249. The fourth-order valence-electron chi connectivity index (χ4n) is 2.17. The molecule has 0 fully saturated rings. The number of fused-ring (bicyclic) bond motifs is 1. The van der Waals surface area contributed by atoms with E-state index in [9.17, 15) is 4.79 Å². The number of halogens is 2. The lowest BCUT2D eigenvalue weighted by atomic mass is 10.2. The van der Waals surface area contributed by atoms with Crippen LogP contribution in [-0.2, 0) is 0 Å². The molecule has 0 N–H and O–H groups in total. The third kappa shape index (κ3) is 2.54. The van der Waals surface area contributed by atoms with Crippen molar-refractivity contribution in [1.29, 1.82) is 0 Å². The second kappa shape index (κ2) is 5.50.